The van der Waals surface area contributed by atoms with E-state index in [-0.39, 0.29) is 10.6 Å². The maximum Gasteiger partial charge on any atom is 0.261 e. The molecule has 2 aromatic carbocycles. The van der Waals surface area contributed by atoms with Crippen LogP contribution in [0.5, 0.6) is 0 Å². The van der Waals surface area contributed by atoms with Crippen LogP contribution in [0.1, 0.15) is 36.8 Å². The highest BCUT2D eigenvalue weighted by atomic mass is 32.2. The fraction of sp³-hybridized carbons (Fsp3) is 0.400. The molecule has 2 aromatic rings. The van der Waals surface area contributed by atoms with Crippen molar-refractivity contribution in [3.8, 4) is 0 Å². The molecule has 0 spiro atoms. The third-order valence-corrected chi connectivity index (χ3v) is 6.66. The summed E-state index contributed by atoms with van der Waals surface area (Å²) in [6.45, 7) is 1.69. The summed E-state index contributed by atoms with van der Waals surface area (Å²) < 4.78 is 42.3. The fourth-order valence-corrected chi connectivity index (χ4v) is 4.98. The van der Waals surface area contributed by atoms with Crippen molar-refractivity contribution < 1.29 is 12.8 Å². The number of halogens is 1. The van der Waals surface area contributed by atoms with Gasteiger partial charge in [0.1, 0.15) is 5.82 Å². The Kier molecular flexibility index (Phi) is 4.61. The SMILES string of the molecule is O=S(=O)(Nc1ccc(N2CCCC2)c(F)c1)c1ccc2c(c1)CCCC2. The molecule has 1 heterocycles. The highest BCUT2D eigenvalue weighted by molar-refractivity contribution is 7.92. The molecule has 0 atom stereocenters. The summed E-state index contributed by atoms with van der Waals surface area (Å²) in [5.74, 6) is -0.391. The number of rotatable bonds is 4. The molecular formula is C20H23FN2O2S. The van der Waals surface area contributed by atoms with E-state index in [0.29, 0.717) is 5.69 Å². The average molecular weight is 374 g/mol. The summed E-state index contributed by atoms with van der Waals surface area (Å²) in [4.78, 5) is 2.24. The van der Waals surface area contributed by atoms with Crippen LogP contribution in [0.4, 0.5) is 15.8 Å². The Balaban J connectivity index is 1.57. The first kappa shape index (κ1) is 17.3. The van der Waals surface area contributed by atoms with Gasteiger partial charge < -0.3 is 4.90 Å². The summed E-state index contributed by atoms with van der Waals surface area (Å²) in [6, 6.07) is 9.86. The second-order valence-electron chi connectivity index (χ2n) is 7.10. The summed E-state index contributed by atoms with van der Waals surface area (Å²) in [5.41, 5.74) is 3.13. The molecule has 138 valence electrons. The Morgan fingerprint density at radius 1 is 0.885 bits per heavy atom. The molecule has 6 heteroatoms. The van der Waals surface area contributed by atoms with Crippen LogP contribution in [0.15, 0.2) is 41.3 Å². The van der Waals surface area contributed by atoms with Crippen molar-refractivity contribution in [3.05, 3.63) is 53.3 Å². The second kappa shape index (κ2) is 6.91. The normalized spacial score (nSPS) is 17.2. The highest BCUT2D eigenvalue weighted by Gasteiger charge is 2.20. The first-order valence-corrected chi connectivity index (χ1v) is 10.7. The van der Waals surface area contributed by atoms with Gasteiger partial charge in [-0.25, -0.2) is 12.8 Å². The van der Waals surface area contributed by atoms with Crippen molar-refractivity contribution >= 4 is 21.4 Å². The number of sulfonamides is 1. The van der Waals surface area contributed by atoms with Crippen LogP contribution < -0.4 is 9.62 Å². The second-order valence-corrected chi connectivity index (χ2v) is 8.79. The Bertz CT molecular complexity index is 921. The lowest BCUT2D eigenvalue weighted by atomic mass is 9.92. The van der Waals surface area contributed by atoms with Gasteiger partial charge in [-0.05, 0) is 73.9 Å². The summed E-state index contributed by atoms with van der Waals surface area (Å²) in [6.07, 6.45) is 6.29. The van der Waals surface area contributed by atoms with Gasteiger partial charge in [0.25, 0.3) is 10.0 Å². The van der Waals surface area contributed by atoms with E-state index >= 15 is 0 Å². The molecule has 0 radical (unpaired) electrons. The minimum Gasteiger partial charge on any atom is -0.369 e. The smallest absolute Gasteiger partial charge is 0.261 e. The van der Waals surface area contributed by atoms with Gasteiger partial charge in [-0.15, -0.1) is 0 Å². The van der Waals surface area contributed by atoms with Gasteiger partial charge in [0, 0.05) is 19.2 Å². The van der Waals surface area contributed by atoms with E-state index in [1.807, 2.05) is 11.0 Å². The van der Waals surface area contributed by atoms with Gasteiger partial charge in [0.15, 0.2) is 0 Å². The predicted molar refractivity (Wildman–Crippen MR) is 102 cm³/mol. The molecule has 2 aliphatic rings. The van der Waals surface area contributed by atoms with Crippen LogP contribution in [0.3, 0.4) is 0 Å². The quantitative estimate of drug-likeness (QED) is 0.876. The van der Waals surface area contributed by atoms with Crippen molar-refractivity contribution in [2.45, 2.75) is 43.4 Å². The van der Waals surface area contributed by atoms with E-state index in [9.17, 15) is 12.8 Å². The number of hydrogen-bond acceptors (Lipinski definition) is 3. The van der Waals surface area contributed by atoms with E-state index < -0.39 is 15.8 Å². The minimum atomic E-state index is -3.73. The third-order valence-electron chi connectivity index (χ3n) is 5.28. The molecule has 0 aromatic heterocycles. The zero-order valence-corrected chi connectivity index (χ0v) is 15.5. The van der Waals surface area contributed by atoms with Crippen molar-refractivity contribution in [1.29, 1.82) is 0 Å². The van der Waals surface area contributed by atoms with E-state index in [4.69, 9.17) is 0 Å². The number of nitrogens with zero attached hydrogens (tertiary/aromatic N) is 1. The Morgan fingerprint density at radius 2 is 1.62 bits per heavy atom. The van der Waals surface area contributed by atoms with Gasteiger partial charge in [0.2, 0.25) is 0 Å². The molecule has 26 heavy (non-hydrogen) atoms. The predicted octanol–water partition coefficient (Wildman–Crippen LogP) is 4.11. The number of anilines is 2. The molecule has 0 unspecified atom stereocenters. The molecule has 1 saturated heterocycles. The number of nitrogens with one attached hydrogen (secondary N) is 1. The van der Waals surface area contributed by atoms with Gasteiger partial charge >= 0.3 is 0 Å². The molecule has 0 saturated carbocycles. The van der Waals surface area contributed by atoms with Crippen molar-refractivity contribution in [2.24, 2.45) is 0 Å². The van der Waals surface area contributed by atoms with Crippen LogP contribution in [0.2, 0.25) is 0 Å². The Labute approximate surface area is 154 Å². The maximum absolute atomic E-state index is 14.4. The fourth-order valence-electron chi connectivity index (χ4n) is 3.88. The number of hydrogen-bond donors (Lipinski definition) is 1. The van der Waals surface area contributed by atoms with Crippen molar-refractivity contribution in [2.75, 3.05) is 22.7 Å². The number of fused-ring (bicyclic) bond motifs is 1. The lowest BCUT2D eigenvalue weighted by Crippen LogP contribution is -2.19. The van der Waals surface area contributed by atoms with E-state index in [0.717, 1.165) is 57.2 Å². The van der Waals surface area contributed by atoms with Crippen LogP contribution >= 0.6 is 0 Å². The van der Waals surface area contributed by atoms with Crippen molar-refractivity contribution in [3.63, 3.8) is 0 Å². The van der Waals surface area contributed by atoms with Gasteiger partial charge in [-0.1, -0.05) is 6.07 Å². The maximum atomic E-state index is 14.4. The molecule has 1 fully saturated rings. The first-order chi connectivity index (χ1) is 12.5. The van der Waals surface area contributed by atoms with Gasteiger partial charge in [-0.3, -0.25) is 4.72 Å². The van der Waals surface area contributed by atoms with Crippen LogP contribution in [0.25, 0.3) is 0 Å². The van der Waals surface area contributed by atoms with Crippen LogP contribution in [-0.2, 0) is 22.9 Å². The average Bonchev–Trinajstić information content (AvgIpc) is 3.15. The zero-order chi connectivity index (χ0) is 18.1. The van der Waals surface area contributed by atoms with E-state index in [2.05, 4.69) is 4.72 Å². The Morgan fingerprint density at radius 3 is 2.35 bits per heavy atom. The Hall–Kier alpha value is -2.08. The molecule has 0 bridgehead atoms. The molecule has 1 N–H and O–H groups in total. The standard InChI is InChI=1S/C20H23FN2O2S/c21-19-14-17(8-10-20(19)23-11-3-4-12-23)22-26(24,25)18-9-7-15-5-1-2-6-16(15)13-18/h7-10,13-14,22H,1-6,11-12H2. The summed E-state index contributed by atoms with van der Waals surface area (Å²) in [7, 11) is -3.73. The van der Waals surface area contributed by atoms with E-state index in [1.54, 1.807) is 24.3 Å². The molecule has 4 rings (SSSR count). The van der Waals surface area contributed by atoms with Crippen molar-refractivity contribution in [1.82, 2.24) is 0 Å². The monoisotopic (exact) mass is 374 g/mol. The topological polar surface area (TPSA) is 49.4 Å². The molecule has 1 aliphatic heterocycles. The molecule has 1 aliphatic carbocycles. The third kappa shape index (κ3) is 3.43. The highest BCUT2D eigenvalue weighted by Crippen LogP contribution is 2.28. The van der Waals surface area contributed by atoms with Crippen LogP contribution in [-0.4, -0.2) is 21.5 Å². The zero-order valence-electron chi connectivity index (χ0n) is 14.7. The van der Waals surface area contributed by atoms with Gasteiger partial charge in [-0.2, -0.15) is 0 Å². The largest absolute Gasteiger partial charge is 0.369 e. The van der Waals surface area contributed by atoms with Crippen LogP contribution in [0, 0.1) is 5.82 Å². The number of benzene rings is 2. The molecule has 4 nitrogen and oxygen atoms in total. The summed E-state index contributed by atoms with van der Waals surface area (Å²) >= 11 is 0. The molecule has 0 amide bonds. The summed E-state index contributed by atoms with van der Waals surface area (Å²) in [5, 5.41) is 0. The first-order valence-electron chi connectivity index (χ1n) is 9.22. The lowest BCUT2D eigenvalue weighted by molar-refractivity contribution is 0.600. The number of aryl methyl sites for hydroxylation is 2. The lowest BCUT2D eigenvalue weighted by Gasteiger charge is -2.19. The molecular weight excluding hydrogens is 351 g/mol. The van der Waals surface area contributed by atoms with E-state index in [1.165, 1.54) is 11.6 Å². The van der Waals surface area contributed by atoms with Gasteiger partial charge in [0.05, 0.1) is 16.3 Å². The minimum absolute atomic E-state index is 0.238.